The molecule has 0 saturated carbocycles. The fourth-order valence-electron chi connectivity index (χ4n) is 0.924. The second-order valence-corrected chi connectivity index (χ2v) is 3.97. The number of anilines is 1. The molecule has 2 N–H and O–H groups in total. The lowest BCUT2D eigenvalue weighted by molar-refractivity contribution is 0.0205. The van der Waals surface area contributed by atoms with Gasteiger partial charge in [-0.3, -0.25) is 0 Å². The van der Waals surface area contributed by atoms with Gasteiger partial charge in [0.1, 0.15) is 0 Å². The third-order valence-corrected chi connectivity index (χ3v) is 2.42. The molecule has 1 aromatic heterocycles. The highest BCUT2D eigenvalue weighted by Crippen LogP contribution is 2.14. The van der Waals surface area contributed by atoms with E-state index >= 15 is 0 Å². The summed E-state index contributed by atoms with van der Waals surface area (Å²) in [6.45, 7) is 2.92. The number of rotatable bonds is 8. The van der Waals surface area contributed by atoms with Crippen LogP contribution in [0.25, 0.3) is 0 Å². The van der Waals surface area contributed by atoms with Crippen molar-refractivity contribution in [2.45, 2.75) is 6.61 Å². The quantitative estimate of drug-likeness (QED) is 0.675. The van der Waals surface area contributed by atoms with E-state index < -0.39 is 0 Å². The summed E-state index contributed by atoms with van der Waals surface area (Å²) in [5.41, 5.74) is 5.48. The summed E-state index contributed by atoms with van der Waals surface area (Å²) in [6, 6.07) is 0. The number of hydrogen-bond donors (Lipinski definition) is 1. The van der Waals surface area contributed by atoms with Gasteiger partial charge in [0, 0.05) is 13.3 Å². The van der Waals surface area contributed by atoms with Crippen molar-refractivity contribution in [3.05, 3.63) is 11.1 Å². The van der Waals surface area contributed by atoms with E-state index in [9.17, 15) is 0 Å². The molecule has 0 aliphatic rings. The predicted molar refractivity (Wildman–Crippen MR) is 58.9 cm³/mol. The number of nitrogen functional groups attached to an aromatic ring is 1. The van der Waals surface area contributed by atoms with Crippen LogP contribution < -0.4 is 5.73 Å². The largest absolute Gasteiger partial charge is 0.382 e. The van der Waals surface area contributed by atoms with Crippen molar-refractivity contribution in [1.29, 1.82) is 0 Å². The maximum Gasteiger partial charge on any atom is 0.180 e. The summed E-state index contributed by atoms with van der Waals surface area (Å²) in [5, 5.41) is 0.574. The number of thiazole rings is 1. The normalized spacial score (nSPS) is 10.7. The lowest BCUT2D eigenvalue weighted by Gasteiger charge is -2.03. The van der Waals surface area contributed by atoms with E-state index in [-0.39, 0.29) is 0 Å². The zero-order chi connectivity index (χ0) is 10.9. The van der Waals surface area contributed by atoms with E-state index in [1.807, 2.05) is 0 Å². The first-order chi connectivity index (χ1) is 7.33. The molecular formula is C9H16N2O3S. The molecule has 0 saturated heterocycles. The Morgan fingerprint density at radius 2 is 2.00 bits per heavy atom. The van der Waals surface area contributed by atoms with Crippen molar-refractivity contribution in [3.63, 3.8) is 0 Å². The van der Waals surface area contributed by atoms with Gasteiger partial charge < -0.3 is 19.9 Å². The highest BCUT2D eigenvalue weighted by atomic mass is 32.1. The van der Waals surface area contributed by atoms with E-state index in [2.05, 4.69) is 4.98 Å². The lowest BCUT2D eigenvalue weighted by atomic mass is 10.6. The fourth-order valence-corrected chi connectivity index (χ4v) is 1.55. The minimum absolute atomic E-state index is 0.544. The average Bonchev–Trinajstić information content (AvgIpc) is 2.63. The van der Waals surface area contributed by atoms with Crippen LogP contribution in [0.5, 0.6) is 0 Å². The summed E-state index contributed by atoms with van der Waals surface area (Å²) in [4.78, 5) is 4.96. The maximum absolute atomic E-state index is 5.48. The maximum atomic E-state index is 5.48. The highest BCUT2D eigenvalue weighted by Gasteiger charge is 1.98. The van der Waals surface area contributed by atoms with E-state index in [0.29, 0.717) is 38.2 Å². The Kier molecular flexibility index (Phi) is 6.26. The molecule has 15 heavy (non-hydrogen) atoms. The zero-order valence-corrected chi connectivity index (χ0v) is 9.59. The third-order valence-electron chi connectivity index (χ3n) is 1.62. The second kappa shape index (κ2) is 7.58. The number of aromatic nitrogens is 1. The Labute approximate surface area is 93.2 Å². The number of methoxy groups -OCH3 is 1. The summed E-state index contributed by atoms with van der Waals surface area (Å²) >= 11 is 1.44. The molecule has 5 nitrogen and oxygen atoms in total. The van der Waals surface area contributed by atoms with Crippen molar-refractivity contribution >= 4 is 16.5 Å². The van der Waals surface area contributed by atoms with Crippen LogP contribution in [-0.2, 0) is 20.8 Å². The molecule has 0 radical (unpaired) electrons. The first kappa shape index (κ1) is 12.4. The first-order valence-corrected chi connectivity index (χ1v) is 5.49. The van der Waals surface area contributed by atoms with Crippen LogP contribution in [0.1, 0.15) is 4.88 Å². The molecule has 0 aliphatic heterocycles. The molecule has 1 rings (SSSR count). The van der Waals surface area contributed by atoms with Gasteiger partial charge in [0.15, 0.2) is 5.13 Å². The number of ether oxygens (including phenoxy) is 3. The molecule has 0 spiro atoms. The summed E-state index contributed by atoms with van der Waals surface area (Å²) in [7, 11) is 1.65. The van der Waals surface area contributed by atoms with Gasteiger partial charge in [-0.2, -0.15) is 0 Å². The minimum Gasteiger partial charge on any atom is -0.382 e. The Morgan fingerprint density at radius 1 is 1.27 bits per heavy atom. The molecule has 1 aromatic rings. The summed E-state index contributed by atoms with van der Waals surface area (Å²) in [6.07, 6.45) is 1.73. The highest BCUT2D eigenvalue weighted by molar-refractivity contribution is 7.15. The second-order valence-electron chi connectivity index (χ2n) is 2.82. The van der Waals surface area contributed by atoms with Gasteiger partial charge in [-0.15, -0.1) is 0 Å². The molecule has 0 unspecified atom stereocenters. The van der Waals surface area contributed by atoms with Crippen LogP contribution in [-0.4, -0.2) is 38.5 Å². The Morgan fingerprint density at radius 3 is 2.67 bits per heavy atom. The van der Waals surface area contributed by atoms with E-state index in [4.69, 9.17) is 19.9 Å². The van der Waals surface area contributed by atoms with Gasteiger partial charge >= 0.3 is 0 Å². The minimum atomic E-state index is 0.544. The van der Waals surface area contributed by atoms with E-state index in [0.717, 1.165) is 4.88 Å². The molecule has 0 atom stereocenters. The van der Waals surface area contributed by atoms with Gasteiger partial charge in [0.2, 0.25) is 0 Å². The molecular weight excluding hydrogens is 216 g/mol. The summed E-state index contributed by atoms with van der Waals surface area (Å²) in [5.74, 6) is 0. The average molecular weight is 232 g/mol. The van der Waals surface area contributed by atoms with Crippen LogP contribution in [0.15, 0.2) is 6.20 Å². The van der Waals surface area contributed by atoms with Gasteiger partial charge in [-0.05, 0) is 0 Å². The molecule has 86 valence electrons. The summed E-state index contributed by atoms with van der Waals surface area (Å²) < 4.78 is 15.4. The molecule has 0 amide bonds. The Hall–Kier alpha value is -0.690. The van der Waals surface area contributed by atoms with E-state index in [1.54, 1.807) is 13.3 Å². The van der Waals surface area contributed by atoms with Crippen LogP contribution >= 0.6 is 11.3 Å². The Bertz CT molecular complexity index is 268. The standard InChI is InChI=1S/C9H16N2O3S/c1-12-2-3-13-4-5-14-7-8-6-11-9(10)15-8/h6H,2-5,7H2,1H3,(H2,10,11). The molecule has 1 heterocycles. The predicted octanol–water partition coefficient (Wildman–Crippen LogP) is 0.905. The third kappa shape index (κ3) is 5.68. The SMILES string of the molecule is COCCOCCOCc1cnc(N)s1. The van der Waals surface area contributed by atoms with Gasteiger partial charge in [-0.25, -0.2) is 4.98 Å². The molecule has 0 aliphatic carbocycles. The first-order valence-electron chi connectivity index (χ1n) is 4.67. The molecule has 0 aromatic carbocycles. The lowest BCUT2D eigenvalue weighted by Crippen LogP contribution is -2.07. The van der Waals surface area contributed by atoms with Crippen LogP contribution in [0, 0.1) is 0 Å². The van der Waals surface area contributed by atoms with Gasteiger partial charge in [0.05, 0.1) is 37.9 Å². The van der Waals surface area contributed by atoms with Crippen molar-refractivity contribution in [3.8, 4) is 0 Å². The van der Waals surface area contributed by atoms with Crippen LogP contribution in [0.2, 0.25) is 0 Å². The van der Waals surface area contributed by atoms with Gasteiger partial charge in [0.25, 0.3) is 0 Å². The zero-order valence-electron chi connectivity index (χ0n) is 8.77. The number of nitrogens with two attached hydrogens (primary N) is 1. The van der Waals surface area contributed by atoms with Crippen molar-refractivity contribution in [2.75, 3.05) is 39.3 Å². The topological polar surface area (TPSA) is 66.6 Å². The number of nitrogens with zero attached hydrogens (tertiary/aromatic N) is 1. The van der Waals surface area contributed by atoms with Crippen molar-refractivity contribution in [2.24, 2.45) is 0 Å². The van der Waals surface area contributed by atoms with Gasteiger partial charge in [-0.1, -0.05) is 11.3 Å². The van der Waals surface area contributed by atoms with Crippen LogP contribution in [0.3, 0.4) is 0 Å². The molecule has 6 heteroatoms. The fraction of sp³-hybridized carbons (Fsp3) is 0.667. The molecule has 0 bridgehead atoms. The molecule has 0 fully saturated rings. The smallest absolute Gasteiger partial charge is 0.180 e. The number of hydrogen-bond acceptors (Lipinski definition) is 6. The van der Waals surface area contributed by atoms with Crippen LogP contribution in [0.4, 0.5) is 5.13 Å². The van der Waals surface area contributed by atoms with E-state index in [1.165, 1.54) is 11.3 Å². The monoisotopic (exact) mass is 232 g/mol. The Balaban J connectivity index is 1.93. The van der Waals surface area contributed by atoms with Crippen molar-refractivity contribution in [1.82, 2.24) is 4.98 Å². The van der Waals surface area contributed by atoms with Crippen molar-refractivity contribution < 1.29 is 14.2 Å².